The second-order valence-corrected chi connectivity index (χ2v) is 22.2. The number of aliphatic hydroxyl groups is 5. The van der Waals surface area contributed by atoms with E-state index >= 15 is 0 Å². The number of halogens is 2. The highest BCUT2D eigenvalue weighted by molar-refractivity contribution is 5.89. The standard InChI is InChI=1S/C15H22N2O4.C12H15NO4.C11H13NO4.C10H14N2O2.C7H6O4.C5H11NO.2ClH/c1-15(2,3)21-14(20)16-10-6-5-9-17(13(10)19)11-7-4-8-12(11)18;1-17-12(16)8-4-3-7-13(11(8)15)9-5-2-6-10(9)14;13-9-5-1-4-8(9)12-6-2-3-7(10(12)14)11(15)16;11-7-3-2-6-12(10(7)14)8-4-1-5-9(8)13;1-10-6(8)5-3-2-4-11-7(5)9;6-4-2-1-3-5(4)7;;/h5-6,9,11-12,18H,4,7-8H2,1-3H3,(H,16,20);3-4,7,9-10,14H,2,5-6H2,1H3;2-3,6,8-9,13H,1,4-5H2,(H,15,16);2-3,6,8-9,13H,1,4-5,11H2;2-4H,1H3;4-5,7H,1-3,6H2;2*1H/t11-,12+;9-,10+;2*8-,9+;;4?,5-;;/m1111.0../s1. The van der Waals surface area contributed by atoms with E-state index in [1.807, 2.05) is 0 Å². The number of nitrogens with two attached hydrogens (primary N) is 2. The minimum atomic E-state index is -1.23. The zero-order valence-corrected chi connectivity index (χ0v) is 51.4. The molecule has 486 valence electrons. The van der Waals surface area contributed by atoms with Crippen LogP contribution in [0, 0.1) is 0 Å². The lowest BCUT2D eigenvalue weighted by molar-refractivity contribution is 0.0587. The van der Waals surface area contributed by atoms with Gasteiger partial charge in [-0.1, -0.05) is 0 Å². The van der Waals surface area contributed by atoms with E-state index < -0.39 is 70.8 Å². The second-order valence-electron chi connectivity index (χ2n) is 22.2. The summed E-state index contributed by atoms with van der Waals surface area (Å²) in [5.41, 5.74) is 8.25. The summed E-state index contributed by atoms with van der Waals surface area (Å²) in [4.78, 5) is 103. The van der Waals surface area contributed by atoms with Gasteiger partial charge in [-0.15, -0.1) is 24.8 Å². The molecular weight excluding hydrogens is 1190 g/mol. The van der Waals surface area contributed by atoms with Gasteiger partial charge >= 0.3 is 29.6 Å². The van der Waals surface area contributed by atoms with E-state index in [-0.39, 0.29) is 100 Å². The molecule has 0 saturated heterocycles. The molecule has 1 unspecified atom stereocenters. The maximum absolute atomic E-state index is 12.4. The number of methoxy groups -OCH3 is 2. The number of carboxylic acid groups (broad SMARTS) is 1. The second kappa shape index (κ2) is 35.5. The van der Waals surface area contributed by atoms with Gasteiger partial charge in [0.2, 0.25) is 0 Å². The number of aliphatic hydroxyl groups excluding tert-OH is 5. The average molecular weight is 1280 g/mol. The van der Waals surface area contributed by atoms with Crippen molar-refractivity contribution in [2.24, 2.45) is 5.73 Å². The third-order valence-corrected chi connectivity index (χ3v) is 15.1. The number of ether oxygens (including phenoxy) is 3. The summed E-state index contributed by atoms with van der Waals surface area (Å²) < 4.78 is 24.2. The van der Waals surface area contributed by atoms with E-state index in [0.29, 0.717) is 25.7 Å². The van der Waals surface area contributed by atoms with Crippen LogP contribution in [0.1, 0.15) is 172 Å². The van der Waals surface area contributed by atoms with Gasteiger partial charge in [-0.3, -0.25) is 24.5 Å². The summed E-state index contributed by atoms with van der Waals surface area (Å²) in [5, 5.41) is 59.2. The zero-order chi connectivity index (χ0) is 63.4. The Morgan fingerprint density at radius 2 is 0.898 bits per heavy atom. The Morgan fingerprint density at radius 1 is 0.523 bits per heavy atom. The molecule has 5 aliphatic rings. The van der Waals surface area contributed by atoms with Crippen molar-refractivity contribution in [3.05, 3.63) is 160 Å². The first-order valence-electron chi connectivity index (χ1n) is 28.5. The highest BCUT2D eigenvalue weighted by Gasteiger charge is 2.32. The largest absolute Gasteiger partial charge is 0.477 e. The molecule has 0 spiro atoms. The first-order chi connectivity index (χ1) is 40.8. The van der Waals surface area contributed by atoms with Crippen molar-refractivity contribution in [1.82, 2.24) is 18.3 Å². The molecule has 88 heavy (non-hydrogen) atoms. The molecule has 0 aliphatic heterocycles. The molecule has 0 aromatic carbocycles. The molecule has 5 aromatic rings. The van der Waals surface area contributed by atoms with Crippen LogP contribution in [0.25, 0.3) is 0 Å². The van der Waals surface area contributed by atoms with Gasteiger partial charge in [0.05, 0.1) is 80.9 Å². The highest BCUT2D eigenvalue weighted by atomic mass is 35.5. The third kappa shape index (κ3) is 20.9. The first-order valence-corrected chi connectivity index (χ1v) is 28.5. The first kappa shape index (κ1) is 74.8. The Kier molecular flexibility index (Phi) is 30.2. The fraction of sp³-hybridized carbons (Fsp3) is 0.517. The summed E-state index contributed by atoms with van der Waals surface area (Å²) in [6.45, 7) is 5.26. The van der Waals surface area contributed by atoms with Gasteiger partial charge in [0.15, 0.2) is 0 Å². The van der Waals surface area contributed by atoms with Crippen molar-refractivity contribution in [3.8, 4) is 0 Å². The average Bonchev–Trinajstić information content (AvgIpc) is 4.35. The van der Waals surface area contributed by atoms with E-state index in [1.165, 1.54) is 76.8 Å². The molecule has 10 rings (SSSR count). The monoisotopic (exact) mass is 1280 g/mol. The number of nitrogen functional groups attached to an aromatic ring is 1. The highest BCUT2D eigenvalue weighted by Crippen LogP contribution is 2.32. The van der Waals surface area contributed by atoms with Gasteiger partial charge in [-0.2, -0.15) is 0 Å². The van der Waals surface area contributed by atoms with Crippen LogP contribution >= 0.6 is 24.8 Å². The number of pyridine rings is 4. The number of aromatic carboxylic acids is 1. The Morgan fingerprint density at radius 3 is 1.27 bits per heavy atom. The Balaban J connectivity index is 0.000000281. The quantitative estimate of drug-likeness (QED) is 0.0704. The van der Waals surface area contributed by atoms with E-state index in [9.17, 15) is 63.6 Å². The molecule has 5 heterocycles. The van der Waals surface area contributed by atoms with Crippen LogP contribution in [-0.2, 0) is 14.2 Å². The SMILES string of the molecule is CC(C)(C)OC(=O)Nc1cccn([C@@H]2CCC[C@@H]2O)c1=O.COC(=O)c1cccn([C@@H]2CCC[C@@H]2O)c1=O.COC(=O)c1cccoc1=O.Cl.Cl.NC1CCC[C@@H]1O.Nc1cccn([C@@H]2CCC[C@@H]2O)c1=O.O=C(O)c1cccn([C@@H]2CCC[C@@H]2O)c1=O. The predicted molar refractivity (Wildman–Crippen MR) is 330 cm³/mol. The number of nitrogens with zero attached hydrogens (tertiary/aromatic N) is 4. The molecule has 5 saturated carbocycles. The number of hydrogen-bond donors (Lipinski definition) is 9. The molecular formula is C60H83Cl2N7O19. The summed E-state index contributed by atoms with van der Waals surface area (Å²) in [7, 11) is 2.44. The number of amides is 1. The fourth-order valence-electron chi connectivity index (χ4n) is 10.6. The smallest absolute Gasteiger partial charge is 0.412 e. The fourth-order valence-corrected chi connectivity index (χ4v) is 10.6. The molecule has 5 aliphatic carbocycles. The van der Waals surface area contributed by atoms with Crippen LogP contribution in [0.15, 0.2) is 120 Å². The zero-order valence-electron chi connectivity index (χ0n) is 49.8. The lowest BCUT2D eigenvalue weighted by atomic mass is 10.2. The molecule has 5 fully saturated rings. The topological polar surface area (TPSA) is 400 Å². The summed E-state index contributed by atoms with van der Waals surface area (Å²) >= 11 is 0. The van der Waals surface area contributed by atoms with Gasteiger partial charge in [0.1, 0.15) is 28.0 Å². The van der Waals surface area contributed by atoms with E-state index in [2.05, 4.69) is 19.2 Å². The van der Waals surface area contributed by atoms with Crippen LogP contribution in [0.5, 0.6) is 0 Å². The van der Waals surface area contributed by atoms with Crippen molar-refractivity contribution >= 4 is 60.2 Å². The summed E-state index contributed by atoms with van der Waals surface area (Å²) in [6.07, 6.45) is 17.3. The molecule has 0 bridgehead atoms. The number of carbonyl (C=O) groups is 4. The Labute approximate surface area is 519 Å². The van der Waals surface area contributed by atoms with Crippen LogP contribution in [0.2, 0.25) is 0 Å². The van der Waals surface area contributed by atoms with E-state index in [4.69, 9.17) is 26.4 Å². The maximum Gasteiger partial charge on any atom is 0.412 e. The molecule has 5 aromatic heterocycles. The summed E-state index contributed by atoms with van der Waals surface area (Å²) in [5.74, 6) is -2.55. The molecule has 26 nitrogen and oxygen atoms in total. The van der Waals surface area contributed by atoms with Gasteiger partial charge in [0.25, 0.3) is 22.2 Å². The van der Waals surface area contributed by atoms with Gasteiger partial charge in [-0.25, -0.2) is 24.0 Å². The molecule has 11 N–H and O–H groups in total. The van der Waals surface area contributed by atoms with Crippen LogP contribution < -0.4 is 44.6 Å². The van der Waals surface area contributed by atoms with E-state index in [0.717, 1.165) is 70.6 Å². The molecule has 10 atom stereocenters. The lowest BCUT2D eigenvalue weighted by Crippen LogP contribution is -2.33. The summed E-state index contributed by atoms with van der Waals surface area (Å²) in [6, 6.07) is 14.4. The molecule has 28 heteroatoms. The Hall–Kier alpha value is -7.43. The number of aromatic nitrogens is 4. The number of carboxylic acids is 1. The number of nitrogens with one attached hydrogen (secondary N) is 1. The molecule has 0 radical (unpaired) electrons. The predicted octanol–water partition coefficient (Wildman–Crippen LogP) is 5.28. The third-order valence-electron chi connectivity index (χ3n) is 15.1. The van der Waals surface area contributed by atoms with Crippen molar-refractivity contribution in [2.75, 3.05) is 25.3 Å². The van der Waals surface area contributed by atoms with E-state index in [1.54, 1.807) is 68.2 Å². The van der Waals surface area contributed by atoms with Gasteiger partial charge in [-0.05, 0) is 178 Å². The minimum absolute atomic E-state index is 0. The van der Waals surface area contributed by atoms with Crippen molar-refractivity contribution < 1.29 is 68.4 Å². The number of rotatable bonds is 8. The number of esters is 2. The number of carbonyl (C=O) groups excluding carboxylic acids is 3. The maximum atomic E-state index is 12.4. The van der Waals surface area contributed by atoms with Gasteiger partial charge < -0.3 is 79.0 Å². The van der Waals surface area contributed by atoms with Crippen LogP contribution in [0.3, 0.4) is 0 Å². The van der Waals surface area contributed by atoms with Crippen LogP contribution in [-0.4, -0.2) is 129 Å². The van der Waals surface area contributed by atoms with Crippen LogP contribution in [0.4, 0.5) is 16.2 Å². The number of hydrogen-bond acceptors (Lipinski definition) is 20. The van der Waals surface area contributed by atoms with Crippen molar-refractivity contribution in [1.29, 1.82) is 0 Å². The van der Waals surface area contributed by atoms with Crippen molar-refractivity contribution in [2.45, 2.75) is 183 Å². The van der Waals surface area contributed by atoms with Gasteiger partial charge in [0, 0.05) is 30.8 Å². The molecule has 1 amide bonds. The lowest BCUT2D eigenvalue weighted by Gasteiger charge is -2.21. The Bertz CT molecular complexity index is 3370. The normalized spacial score (nSPS) is 23.0. The van der Waals surface area contributed by atoms with Crippen molar-refractivity contribution in [3.63, 3.8) is 0 Å². The number of anilines is 2. The minimum Gasteiger partial charge on any atom is -0.477 e.